The van der Waals surface area contributed by atoms with Crippen molar-refractivity contribution < 1.29 is 10.0 Å². The maximum absolute atomic E-state index is 11.4. The molecule has 1 aliphatic rings. The number of likely N-dealkylation sites (tertiary alicyclic amines) is 1. The lowest BCUT2D eigenvalue weighted by atomic mass is 10.1. The summed E-state index contributed by atoms with van der Waals surface area (Å²) in [7, 11) is 0. The van der Waals surface area contributed by atoms with Crippen molar-refractivity contribution in [3.8, 4) is 0 Å². The molecule has 0 saturated carbocycles. The van der Waals surface area contributed by atoms with Crippen molar-refractivity contribution in [2.24, 2.45) is 0 Å². The standard InChI is InChI=1S/C13H14N4O5.BrH/c18-8-1-2-16(6-8)5-7-3-9-10(4-11(7)17(21)22)15-13(20)12(19)14-9;/h3-4,8,18H,1-2,5-6H2,(H,14,19)(H,15,20);1H. The second kappa shape index (κ2) is 6.60. The Labute approximate surface area is 139 Å². The molecule has 124 valence electrons. The van der Waals surface area contributed by atoms with Gasteiger partial charge in [-0.1, -0.05) is 0 Å². The maximum atomic E-state index is 11.4. The summed E-state index contributed by atoms with van der Waals surface area (Å²) in [4.78, 5) is 40.0. The quantitative estimate of drug-likeness (QED) is 0.394. The molecule has 1 aromatic carbocycles. The molecule has 0 aliphatic carbocycles. The van der Waals surface area contributed by atoms with Gasteiger partial charge in [-0.2, -0.15) is 0 Å². The summed E-state index contributed by atoms with van der Waals surface area (Å²) in [6.07, 6.45) is 0.210. The van der Waals surface area contributed by atoms with Crippen LogP contribution in [0.3, 0.4) is 0 Å². The molecule has 10 heteroatoms. The molecule has 1 unspecified atom stereocenters. The number of fused-ring (bicyclic) bond motifs is 1. The number of aromatic nitrogens is 2. The number of β-amino-alcohol motifs (C(OH)–C–C–N with tert-alkyl or cyclic N) is 1. The van der Waals surface area contributed by atoms with Crippen LogP contribution in [-0.2, 0) is 6.54 Å². The normalized spacial score (nSPS) is 18.0. The van der Waals surface area contributed by atoms with Gasteiger partial charge < -0.3 is 15.1 Å². The van der Waals surface area contributed by atoms with E-state index >= 15 is 0 Å². The molecule has 3 rings (SSSR count). The smallest absolute Gasteiger partial charge is 0.314 e. The minimum Gasteiger partial charge on any atom is -0.392 e. The van der Waals surface area contributed by atoms with Crippen molar-refractivity contribution >= 4 is 33.7 Å². The molecule has 9 nitrogen and oxygen atoms in total. The van der Waals surface area contributed by atoms with Crippen LogP contribution in [-0.4, -0.2) is 44.1 Å². The Balaban J connectivity index is 0.00000192. The van der Waals surface area contributed by atoms with Crippen LogP contribution in [0.2, 0.25) is 0 Å². The largest absolute Gasteiger partial charge is 0.392 e. The SMILES string of the molecule is Br.O=c1[nH]c2cc(CN3CCC(O)C3)c([N+](=O)[O-])cc2[nH]c1=O. The summed E-state index contributed by atoms with van der Waals surface area (Å²) in [5.74, 6) is 0. The first-order valence-electron chi connectivity index (χ1n) is 6.78. The predicted molar refractivity (Wildman–Crippen MR) is 88.1 cm³/mol. The van der Waals surface area contributed by atoms with Crippen molar-refractivity contribution in [2.45, 2.75) is 19.1 Å². The van der Waals surface area contributed by atoms with E-state index in [1.54, 1.807) is 0 Å². The number of nitrogens with zero attached hydrogens (tertiary/aromatic N) is 2. The Hall–Kier alpha value is -2.04. The molecule has 2 aromatic rings. The van der Waals surface area contributed by atoms with Gasteiger partial charge in [0.05, 0.1) is 22.1 Å². The number of aliphatic hydroxyl groups excluding tert-OH is 1. The van der Waals surface area contributed by atoms with Crippen LogP contribution in [0.1, 0.15) is 12.0 Å². The lowest BCUT2D eigenvalue weighted by molar-refractivity contribution is -0.385. The second-order valence-electron chi connectivity index (χ2n) is 5.37. The number of halogens is 1. The van der Waals surface area contributed by atoms with Gasteiger partial charge in [0, 0.05) is 31.3 Å². The van der Waals surface area contributed by atoms with Crippen LogP contribution in [0.5, 0.6) is 0 Å². The number of aromatic amines is 2. The maximum Gasteiger partial charge on any atom is 0.314 e. The molecule has 2 heterocycles. The Morgan fingerprint density at radius 3 is 2.39 bits per heavy atom. The predicted octanol–water partition coefficient (Wildman–Crippen LogP) is 0.269. The van der Waals surface area contributed by atoms with Gasteiger partial charge in [0.2, 0.25) is 0 Å². The average Bonchev–Trinajstić information content (AvgIpc) is 2.85. The Morgan fingerprint density at radius 2 is 1.87 bits per heavy atom. The van der Waals surface area contributed by atoms with Crippen molar-refractivity contribution in [3.63, 3.8) is 0 Å². The highest BCUT2D eigenvalue weighted by molar-refractivity contribution is 8.93. The van der Waals surface area contributed by atoms with E-state index in [9.17, 15) is 24.8 Å². The van der Waals surface area contributed by atoms with E-state index in [-0.39, 0.29) is 28.2 Å². The first-order chi connectivity index (χ1) is 10.4. The number of aliphatic hydroxyl groups is 1. The highest BCUT2D eigenvalue weighted by Gasteiger charge is 2.24. The zero-order chi connectivity index (χ0) is 15.9. The van der Waals surface area contributed by atoms with Crippen LogP contribution in [0.25, 0.3) is 11.0 Å². The van der Waals surface area contributed by atoms with Crippen LogP contribution >= 0.6 is 17.0 Å². The van der Waals surface area contributed by atoms with Crippen LogP contribution in [0.4, 0.5) is 5.69 Å². The Kier molecular flexibility index (Phi) is 4.97. The first-order valence-corrected chi connectivity index (χ1v) is 6.78. The van der Waals surface area contributed by atoms with Gasteiger partial charge in [0.25, 0.3) is 5.69 Å². The average molecular weight is 387 g/mol. The Morgan fingerprint density at radius 1 is 1.26 bits per heavy atom. The second-order valence-corrected chi connectivity index (χ2v) is 5.37. The summed E-state index contributed by atoms with van der Waals surface area (Å²) < 4.78 is 0. The van der Waals surface area contributed by atoms with Gasteiger partial charge in [0.15, 0.2) is 0 Å². The minimum absolute atomic E-state index is 0. The van der Waals surface area contributed by atoms with Crippen molar-refractivity contribution in [3.05, 3.63) is 48.5 Å². The number of hydrogen-bond donors (Lipinski definition) is 3. The summed E-state index contributed by atoms with van der Waals surface area (Å²) in [5, 5.41) is 20.8. The lowest BCUT2D eigenvalue weighted by Crippen LogP contribution is -2.29. The molecule has 1 atom stereocenters. The molecule has 1 fully saturated rings. The van der Waals surface area contributed by atoms with Gasteiger partial charge in [-0.25, -0.2) is 0 Å². The number of rotatable bonds is 3. The molecule has 1 saturated heterocycles. The molecule has 0 spiro atoms. The molecular formula is C13H15BrN4O5. The fourth-order valence-corrected chi connectivity index (χ4v) is 2.69. The van der Waals surface area contributed by atoms with E-state index in [0.29, 0.717) is 37.1 Å². The van der Waals surface area contributed by atoms with Crippen LogP contribution in [0, 0.1) is 10.1 Å². The van der Waals surface area contributed by atoms with Gasteiger partial charge in [-0.3, -0.25) is 24.6 Å². The molecule has 0 radical (unpaired) electrons. The third-order valence-corrected chi connectivity index (χ3v) is 3.76. The van der Waals surface area contributed by atoms with Gasteiger partial charge in [-0.05, 0) is 12.5 Å². The van der Waals surface area contributed by atoms with E-state index in [4.69, 9.17) is 0 Å². The highest BCUT2D eigenvalue weighted by Crippen LogP contribution is 2.25. The summed E-state index contributed by atoms with van der Waals surface area (Å²) in [6.45, 7) is 1.40. The van der Waals surface area contributed by atoms with Crippen LogP contribution in [0.15, 0.2) is 21.7 Å². The van der Waals surface area contributed by atoms with E-state index in [1.807, 2.05) is 4.90 Å². The zero-order valence-electron chi connectivity index (χ0n) is 11.9. The Bertz CT molecular complexity index is 862. The molecule has 23 heavy (non-hydrogen) atoms. The lowest BCUT2D eigenvalue weighted by Gasteiger charge is -2.15. The van der Waals surface area contributed by atoms with Gasteiger partial charge >= 0.3 is 11.1 Å². The zero-order valence-corrected chi connectivity index (χ0v) is 13.7. The van der Waals surface area contributed by atoms with E-state index < -0.39 is 22.1 Å². The molecule has 1 aromatic heterocycles. The third-order valence-electron chi connectivity index (χ3n) is 3.76. The number of hydrogen-bond acceptors (Lipinski definition) is 6. The van der Waals surface area contributed by atoms with Gasteiger partial charge in [-0.15, -0.1) is 17.0 Å². The van der Waals surface area contributed by atoms with Crippen molar-refractivity contribution in [1.29, 1.82) is 0 Å². The number of H-pyrrole nitrogens is 2. The number of nitro benzene ring substituents is 1. The summed E-state index contributed by atoms with van der Waals surface area (Å²) in [6, 6.07) is 2.74. The van der Waals surface area contributed by atoms with E-state index in [2.05, 4.69) is 9.97 Å². The minimum atomic E-state index is -0.850. The molecule has 3 N–H and O–H groups in total. The fourth-order valence-electron chi connectivity index (χ4n) is 2.69. The van der Waals surface area contributed by atoms with Crippen molar-refractivity contribution in [1.82, 2.24) is 14.9 Å². The molecular weight excluding hydrogens is 372 g/mol. The fraction of sp³-hybridized carbons (Fsp3) is 0.385. The molecule has 1 aliphatic heterocycles. The topological polar surface area (TPSA) is 132 Å². The van der Waals surface area contributed by atoms with E-state index in [1.165, 1.54) is 12.1 Å². The molecule has 0 amide bonds. The first kappa shape index (κ1) is 17.3. The van der Waals surface area contributed by atoms with Gasteiger partial charge in [0.1, 0.15) is 0 Å². The molecule has 0 bridgehead atoms. The highest BCUT2D eigenvalue weighted by atomic mass is 79.9. The number of nitrogens with one attached hydrogen (secondary N) is 2. The summed E-state index contributed by atoms with van der Waals surface area (Å²) >= 11 is 0. The third kappa shape index (κ3) is 3.49. The van der Waals surface area contributed by atoms with Crippen molar-refractivity contribution in [2.75, 3.05) is 13.1 Å². The number of nitro groups is 1. The monoisotopic (exact) mass is 386 g/mol. The summed E-state index contributed by atoms with van der Waals surface area (Å²) in [5.41, 5.74) is -0.807. The number of benzene rings is 1. The van der Waals surface area contributed by atoms with Crippen LogP contribution < -0.4 is 11.1 Å². The van der Waals surface area contributed by atoms with E-state index in [0.717, 1.165) is 0 Å².